The fraction of sp³-hybridized carbons (Fsp3) is 1.00. The summed E-state index contributed by atoms with van der Waals surface area (Å²) >= 11 is 0. The van der Waals surface area contributed by atoms with Crippen LogP contribution >= 0.6 is 0 Å². The Balaban J connectivity index is 2.91. The monoisotopic (exact) mass is 155 g/mol. The van der Waals surface area contributed by atoms with Crippen LogP contribution in [0.5, 0.6) is 0 Å². The minimum Gasteiger partial charge on any atom is -0.184 e. The lowest BCUT2D eigenvalue weighted by atomic mass is 9.67. The third kappa shape index (κ3) is 10.1. The maximum Gasteiger partial charge on any atom is -0.0325 e. The smallest absolute Gasteiger partial charge is 0.0325 e. The molecule has 0 saturated heterocycles. The third-order valence-corrected chi connectivity index (χ3v) is 2.44. The second-order valence-corrected chi connectivity index (χ2v) is 4.87. The minimum atomic E-state index is 0.437. The van der Waals surface area contributed by atoms with E-state index in [2.05, 4.69) is 27.7 Å². The highest BCUT2D eigenvalue weighted by molar-refractivity contribution is 6.35. The van der Waals surface area contributed by atoms with Gasteiger partial charge in [-0.15, -0.1) is 0 Å². The van der Waals surface area contributed by atoms with E-state index in [0.29, 0.717) is 7.28 Å². The standard InChI is InChI=1S/C10H24B/c1-9(2)5-7-11-8-6-10(3)4/h9-10H,5-8,11H2,1-4H3/q-1. The summed E-state index contributed by atoms with van der Waals surface area (Å²) in [6.45, 7) is 9.31. The summed E-state index contributed by atoms with van der Waals surface area (Å²) in [6.07, 6.45) is 6.06. The molecule has 0 amide bonds. The first-order valence-electron chi connectivity index (χ1n) is 5.54. The maximum atomic E-state index is 2.33. The highest BCUT2D eigenvalue weighted by Crippen LogP contribution is 2.08. The molecule has 0 fully saturated rings. The van der Waals surface area contributed by atoms with Crippen LogP contribution in [-0.2, 0) is 0 Å². The van der Waals surface area contributed by atoms with Crippen LogP contribution in [0.25, 0.3) is 0 Å². The molecule has 0 aromatic carbocycles. The van der Waals surface area contributed by atoms with Crippen molar-refractivity contribution in [1.29, 1.82) is 0 Å². The Morgan fingerprint density at radius 1 is 0.818 bits per heavy atom. The van der Waals surface area contributed by atoms with Gasteiger partial charge in [0.1, 0.15) is 0 Å². The van der Waals surface area contributed by atoms with Gasteiger partial charge in [0.05, 0.1) is 0 Å². The summed E-state index contributed by atoms with van der Waals surface area (Å²) in [5, 5.41) is 0. The predicted octanol–water partition coefficient (Wildman–Crippen LogP) is 3.08. The molecule has 0 radical (unpaired) electrons. The van der Waals surface area contributed by atoms with Crippen LogP contribution in [0.1, 0.15) is 40.5 Å². The SMILES string of the molecule is CC(C)CC[BH2-]CCC(C)C. The topological polar surface area (TPSA) is 0 Å². The zero-order valence-electron chi connectivity index (χ0n) is 8.98. The van der Waals surface area contributed by atoms with Crippen LogP contribution in [-0.4, -0.2) is 7.28 Å². The normalized spacial score (nSPS) is 11.5. The molecule has 0 N–H and O–H groups in total. The van der Waals surface area contributed by atoms with Crippen molar-refractivity contribution in [1.82, 2.24) is 0 Å². The molecule has 0 aliphatic heterocycles. The zero-order valence-corrected chi connectivity index (χ0v) is 8.98. The Labute approximate surface area is 73.0 Å². The minimum absolute atomic E-state index is 0.437. The molecule has 0 aliphatic rings. The lowest BCUT2D eigenvalue weighted by molar-refractivity contribution is 0.611. The van der Waals surface area contributed by atoms with Crippen molar-refractivity contribution in [3.63, 3.8) is 0 Å². The quantitative estimate of drug-likeness (QED) is 0.408. The average molecular weight is 155 g/mol. The van der Waals surface area contributed by atoms with E-state index in [4.69, 9.17) is 0 Å². The van der Waals surface area contributed by atoms with Gasteiger partial charge in [0.25, 0.3) is 0 Å². The van der Waals surface area contributed by atoms with Crippen molar-refractivity contribution in [3.05, 3.63) is 0 Å². The number of rotatable bonds is 6. The molecule has 0 saturated carbocycles. The second kappa shape index (κ2) is 6.76. The number of hydrogen-bond donors (Lipinski definition) is 0. The lowest BCUT2D eigenvalue weighted by Crippen LogP contribution is -1.96. The fourth-order valence-electron chi connectivity index (χ4n) is 1.81. The van der Waals surface area contributed by atoms with Gasteiger partial charge >= 0.3 is 0 Å². The van der Waals surface area contributed by atoms with E-state index in [0.717, 1.165) is 11.8 Å². The molecule has 0 unspecified atom stereocenters. The summed E-state index contributed by atoms with van der Waals surface area (Å²) in [4.78, 5) is 0. The van der Waals surface area contributed by atoms with Gasteiger partial charge in [0, 0.05) is 0 Å². The average Bonchev–Trinajstić information content (AvgIpc) is 1.85. The van der Waals surface area contributed by atoms with Gasteiger partial charge in [-0.2, -0.15) is 12.6 Å². The van der Waals surface area contributed by atoms with Crippen molar-refractivity contribution in [2.45, 2.75) is 53.2 Å². The third-order valence-electron chi connectivity index (χ3n) is 2.44. The van der Waals surface area contributed by atoms with Gasteiger partial charge in [-0.1, -0.05) is 52.4 Å². The Kier molecular flexibility index (Phi) is 6.80. The molecule has 0 heterocycles. The van der Waals surface area contributed by atoms with Gasteiger partial charge in [-0.05, 0) is 7.28 Å². The molecule has 1 heteroatoms. The van der Waals surface area contributed by atoms with E-state index in [1.54, 1.807) is 12.6 Å². The van der Waals surface area contributed by atoms with Crippen LogP contribution in [0, 0.1) is 11.8 Å². The Hall–Kier alpha value is 0.0649. The van der Waals surface area contributed by atoms with Crippen LogP contribution < -0.4 is 0 Å². The fourth-order valence-corrected chi connectivity index (χ4v) is 1.81. The Morgan fingerprint density at radius 2 is 1.18 bits per heavy atom. The van der Waals surface area contributed by atoms with Crippen molar-refractivity contribution in [2.24, 2.45) is 11.8 Å². The van der Waals surface area contributed by atoms with E-state index in [1.807, 2.05) is 0 Å². The molecule has 11 heavy (non-hydrogen) atoms. The molecule has 0 spiro atoms. The van der Waals surface area contributed by atoms with Gasteiger partial charge < -0.3 is 0 Å². The molecule has 0 nitrogen and oxygen atoms in total. The van der Waals surface area contributed by atoms with E-state index in [9.17, 15) is 0 Å². The summed E-state index contributed by atoms with van der Waals surface area (Å²) in [7, 11) is 0.437. The van der Waals surface area contributed by atoms with Crippen molar-refractivity contribution in [2.75, 3.05) is 0 Å². The predicted molar refractivity (Wildman–Crippen MR) is 57.1 cm³/mol. The van der Waals surface area contributed by atoms with Crippen molar-refractivity contribution >= 4 is 7.28 Å². The van der Waals surface area contributed by atoms with Crippen molar-refractivity contribution in [3.8, 4) is 0 Å². The van der Waals surface area contributed by atoms with E-state index in [1.165, 1.54) is 12.8 Å². The first kappa shape index (κ1) is 11.1. The largest absolute Gasteiger partial charge is 0.184 e. The van der Waals surface area contributed by atoms with Gasteiger partial charge in [0.15, 0.2) is 0 Å². The lowest BCUT2D eigenvalue weighted by Gasteiger charge is -2.09. The molecule has 0 aromatic heterocycles. The molecular formula is C10H24B-. The van der Waals surface area contributed by atoms with Crippen molar-refractivity contribution < 1.29 is 0 Å². The van der Waals surface area contributed by atoms with Gasteiger partial charge in [0.2, 0.25) is 0 Å². The second-order valence-electron chi connectivity index (χ2n) is 4.87. The molecule has 0 bridgehead atoms. The number of hydrogen-bond acceptors (Lipinski definition) is 0. The summed E-state index contributed by atoms with van der Waals surface area (Å²) in [5.74, 6) is 1.86. The van der Waals surface area contributed by atoms with Crippen LogP contribution in [0.15, 0.2) is 0 Å². The molecule has 0 atom stereocenters. The first-order valence-corrected chi connectivity index (χ1v) is 5.54. The van der Waals surface area contributed by atoms with Gasteiger partial charge in [-0.25, -0.2) is 0 Å². The van der Waals surface area contributed by atoms with Crippen LogP contribution in [0.3, 0.4) is 0 Å². The summed E-state index contributed by atoms with van der Waals surface area (Å²) in [5.41, 5.74) is 0. The maximum absolute atomic E-state index is 2.33. The molecule has 0 aliphatic carbocycles. The van der Waals surface area contributed by atoms with E-state index >= 15 is 0 Å². The Bertz CT molecular complexity index is 66.9. The summed E-state index contributed by atoms with van der Waals surface area (Å²) in [6, 6.07) is 0. The molecule has 0 rings (SSSR count). The summed E-state index contributed by atoms with van der Waals surface area (Å²) < 4.78 is 0. The first-order chi connectivity index (χ1) is 5.13. The van der Waals surface area contributed by atoms with E-state index in [-0.39, 0.29) is 0 Å². The Morgan fingerprint density at radius 3 is 1.45 bits per heavy atom. The zero-order chi connectivity index (χ0) is 8.69. The van der Waals surface area contributed by atoms with E-state index < -0.39 is 0 Å². The highest BCUT2D eigenvalue weighted by atomic mass is 13.9. The highest BCUT2D eigenvalue weighted by Gasteiger charge is 1.92. The molecule has 0 aromatic rings. The molecule has 68 valence electrons. The molecular weight excluding hydrogens is 131 g/mol. The van der Waals surface area contributed by atoms with Crippen LogP contribution in [0.2, 0.25) is 12.6 Å². The van der Waals surface area contributed by atoms with Gasteiger partial charge in [-0.3, -0.25) is 0 Å². The van der Waals surface area contributed by atoms with Crippen LogP contribution in [0.4, 0.5) is 0 Å².